The number of rotatable bonds is 6. The van der Waals surface area contributed by atoms with Gasteiger partial charge in [-0.1, -0.05) is 146 Å². The fourth-order valence-corrected chi connectivity index (χ4v) is 8.35. The summed E-state index contributed by atoms with van der Waals surface area (Å²) in [6.45, 7) is 0. The first-order valence-corrected chi connectivity index (χ1v) is 19.0. The van der Waals surface area contributed by atoms with Gasteiger partial charge in [0.05, 0.1) is 33.5 Å². The van der Waals surface area contributed by atoms with Crippen molar-refractivity contribution in [3.63, 3.8) is 0 Å². The van der Waals surface area contributed by atoms with E-state index >= 15 is 0 Å². The van der Waals surface area contributed by atoms with Crippen LogP contribution < -0.4 is 0 Å². The topological polar surface area (TPSA) is 35.6 Å². The van der Waals surface area contributed by atoms with Gasteiger partial charge in [0, 0.05) is 49.6 Å². The van der Waals surface area contributed by atoms with Gasteiger partial charge in [-0.2, -0.15) is 0 Å². The number of benzene rings is 8. The first-order valence-electron chi connectivity index (χ1n) is 19.0. The highest BCUT2D eigenvalue weighted by Crippen LogP contribution is 2.36. The van der Waals surface area contributed by atoms with Gasteiger partial charge < -0.3 is 9.13 Å². The van der Waals surface area contributed by atoms with E-state index in [0.717, 1.165) is 45.0 Å². The van der Waals surface area contributed by atoms with Gasteiger partial charge in [0.2, 0.25) is 0 Å². The molecule has 4 nitrogen and oxygen atoms in total. The zero-order chi connectivity index (χ0) is 37.0. The third-order valence-electron chi connectivity index (χ3n) is 10.9. The van der Waals surface area contributed by atoms with E-state index in [-0.39, 0.29) is 0 Å². The quantitative estimate of drug-likeness (QED) is 0.172. The molecular formula is C52H34N4. The molecule has 0 fully saturated rings. The second-order valence-electron chi connectivity index (χ2n) is 14.2. The maximum Gasteiger partial charge on any atom is 0.160 e. The highest BCUT2D eigenvalue weighted by atomic mass is 15.0. The number of aromatic nitrogens is 4. The number of nitrogens with zero attached hydrogens (tertiary/aromatic N) is 4. The van der Waals surface area contributed by atoms with E-state index in [0.29, 0.717) is 5.82 Å². The summed E-state index contributed by atoms with van der Waals surface area (Å²) in [5.74, 6) is 0.674. The first kappa shape index (κ1) is 31.9. The van der Waals surface area contributed by atoms with Crippen molar-refractivity contribution in [1.82, 2.24) is 19.1 Å². The van der Waals surface area contributed by atoms with Crippen molar-refractivity contribution in [2.24, 2.45) is 0 Å². The van der Waals surface area contributed by atoms with Crippen molar-refractivity contribution >= 4 is 43.6 Å². The Morgan fingerprint density at radius 2 is 0.643 bits per heavy atom. The second-order valence-corrected chi connectivity index (χ2v) is 14.2. The van der Waals surface area contributed by atoms with Crippen molar-refractivity contribution in [3.05, 3.63) is 206 Å². The molecule has 0 unspecified atom stereocenters. The maximum absolute atomic E-state index is 5.34. The molecule has 0 atom stereocenters. The lowest BCUT2D eigenvalue weighted by atomic mass is 10.0. The minimum absolute atomic E-state index is 0.674. The molecule has 8 aromatic carbocycles. The van der Waals surface area contributed by atoms with Crippen molar-refractivity contribution in [3.8, 4) is 56.4 Å². The molecule has 0 amide bonds. The van der Waals surface area contributed by atoms with Crippen LogP contribution in [0, 0.1) is 0 Å². The molecule has 0 radical (unpaired) electrons. The minimum Gasteiger partial charge on any atom is -0.309 e. The summed E-state index contributed by atoms with van der Waals surface area (Å²) in [5, 5.41) is 4.94. The SMILES string of the molecule is c1ccc(-c2cccc(-c3cc(-c4cccc(-n5c6ccccc6c6ccccc65)c4)nc(-c4cccc(-n5c6ccccc6c6ccccc65)c4)n3)c2)cc1. The third kappa shape index (κ3) is 5.31. The van der Waals surface area contributed by atoms with Crippen molar-refractivity contribution in [2.75, 3.05) is 0 Å². The summed E-state index contributed by atoms with van der Waals surface area (Å²) in [6.07, 6.45) is 0. The molecule has 0 saturated carbocycles. The molecule has 0 aliphatic carbocycles. The van der Waals surface area contributed by atoms with Crippen LogP contribution in [0.25, 0.3) is 100 Å². The molecule has 0 saturated heterocycles. The molecule has 56 heavy (non-hydrogen) atoms. The molecule has 3 aromatic heterocycles. The molecule has 262 valence electrons. The van der Waals surface area contributed by atoms with E-state index in [1.54, 1.807) is 0 Å². The average molecular weight is 715 g/mol. The number of para-hydroxylation sites is 4. The monoisotopic (exact) mass is 714 g/mol. The van der Waals surface area contributed by atoms with E-state index in [2.05, 4.69) is 215 Å². The third-order valence-corrected chi connectivity index (χ3v) is 10.9. The van der Waals surface area contributed by atoms with Crippen LogP contribution in [0.3, 0.4) is 0 Å². The largest absolute Gasteiger partial charge is 0.309 e. The van der Waals surface area contributed by atoms with Crippen molar-refractivity contribution in [1.29, 1.82) is 0 Å². The summed E-state index contributed by atoms with van der Waals surface area (Å²) in [7, 11) is 0. The first-order chi connectivity index (χ1) is 27.8. The normalized spacial score (nSPS) is 11.6. The lowest BCUT2D eigenvalue weighted by molar-refractivity contribution is 1.15. The van der Waals surface area contributed by atoms with E-state index in [9.17, 15) is 0 Å². The van der Waals surface area contributed by atoms with Crippen LogP contribution in [0.1, 0.15) is 0 Å². The summed E-state index contributed by atoms with van der Waals surface area (Å²) in [6, 6.07) is 73.1. The number of hydrogen-bond donors (Lipinski definition) is 0. The van der Waals surface area contributed by atoms with Crippen LogP contribution in [-0.2, 0) is 0 Å². The van der Waals surface area contributed by atoms with Gasteiger partial charge in [0.1, 0.15) is 0 Å². The van der Waals surface area contributed by atoms with E-state index in [1.165, 1.54) is 49.2 Å². The molecule has 0 N–H and O–H groups in total. The highest BCUT2D eigenvalue weighted by Gasteiger charge is 2.17. The summed E-state index contributed by atoms with van der Waals surface area (Å²) in [5.41, 5.74) is 13.9. The Balaban J connectivity index is 1.10. The Bertz CT molecular complexity index is 2980. The van der Waals surface area contributed by atoms with Crippen LogP contribution in [0.15, 0.2) is 206 Å². The van der Waals surface area contributed by atoms with Crippen LogP contribution in [0.2, 0.25) is 0 Å². The Labute approximate surface area is 324 Å². The Morgan fingerprint density at radius 3 is 1.16 bits per heavy atom. The average Bonchev–Trinajstić information content (AvgIpc) is 3.80. The van der Waals surface area contributed by atoms with Gasteiger partial charge in [-0.05, 0) is 71.8 Å². The zero-order valence-corrected chi connectivity index (χ0v) is 30.4. The predicted octanol–water partition coefficient (Wildman–Crippen LogP) is 13.3. The van der Waals surface area contributed by atoms with Gasteiger partial charge in [0.25, 0.3) is 0 Å². The molecule has 4 heteroatoms. The van der Waals surface area contributed by atoms with Crippen molar-refractivity contribution in [2.45, 2.75) is 0 Å². The molecule has 0 bridgehead atoms. The molecular weight excluding hydrogens is 681 g/mol. The summed E-state index contributed by atoms with van der Waals surface area (Å²) in [4.78, 5) is 10.7. The van der Waals surface area contributed by atoms with E-state index < -0.39 is 0 Å². The van der Waals surface area contributed by atoms with Crippen LogP contribution in [0.5, 0.6) is 0 Å². The molecule has 11 rings (SSSR count). The van der Waals surface area contributed by atoms with Crippen LogP contribution in [0.4, 0.5) is 0 Å². The lowest BCUT2D eigenvalue weighted by Gasteiger charge is -2.14. The smallest absolute Gasteiger partial charge is 0.160 e. The fraction of sp³-hybridized carbons (Fsp3) is 0. The fourth-order valence-electron chi connectivity index (χ4n) is 8.35. The van der Waals surface area contributed by atoms with Crippen LogP contribution in [-0.4, -0.2) is 19.1 Å². The Kier molecular flexibility index (Phi) is 7.46. The summed E-state index contributed by atoms with van der Waals surface area (Å²) < 4.78 is 4.70. The second kappa shape index (κ2) is 13.1. The van der Waals surface area contributed by atoms with Gasteiger partial charge in [0.15, 0.2) is 5.82 Å². The highest BCUT2D eigenvalue weighted by molar-refractivity contribution is 6.10. The summed E-state index contributed by atoms with van der Waals surface area (Å²) >= 11 is 0. The minimum atomic E-state index is 0.674. The Hall–Kier alpha value is -7.56. The molecule has 0 spiro atoms. The van der Waals surface area contributed by atoms with E-state index in [1.807, 2.05) is 0 Å². The zero-order valence-electron chi connectivity index (χ0n) is 30.4. The lowest BCUT2D eigenvalue weighted by Crippen LogP contribution is -1.99. The molecule has 0 aliphatic rings. The number of fused-ring (bicyclic) bond motifs is 6. The predicted molar refractivity (Wildman–Crippen MR) is 232 cm³/mol. The van der Waals surface area contributed by atoms with Gasteiger partial charge in [-0.15, -0.1) is 0 Å². The standard InChI is InChI=1S/C52H34N4/c1-2-15-35(16-3-1)36-17-12-18-37(31-36)46-34-47(38-19-13-21-40(32-38)55-48-27-8-4-23-42(48)43-24-5-9-28-49(43)55)54-52(53-46)39-20-14-22-41(33-39)56-50-29-10-6-25-44(50)45-26-7-11-30-51(45)56/h1-34H. The Morgan fingerprint density at radius 1 is 0.268 bits per heavy atom. The molecule has 11 aromatic rings. The van der Waals surface area contributed by atoms with Gasteiger partial charge in [-0.3, -0.25) is 0 Å². The molecule has 3 heterocycles. The molecule has 0 aliphatic heterocycles. The van der Waals surface area contributed by atoms with Crippen LogP contribution >= 0.6 is 0 Å². The number of hydrogen-bond acceptors (Lipinski definition) is 2. The van der Waals surface area contributed by atoms with E-state index in [4.69, 9.17) is 9.97 Å². The van der Waals surface area contributed by atoms with Crippen molar-refractivity contribution < 1.29 is 0 Å². The van der Waals surface area contributed by atoms with Gasteiger partial charge >= 0.3 is 0 Å². The maximum atomic E-state index is 5.34. The van der Waals surface area contributed by atoms with Gasteiger partial charge in [-0.25, -0.2) is 9.97 Å².